The van der Waals surface area contributed by atoms with Crippen LogP contribution in [-0.2, 0) is 4.79 Å². The molecule has 1 fully saturated rings. The monoisotopic (exact) mass is 232 g/mol. The zero-order chi connectivity index (χ0) is 12.3. The number of hydrogen-bond acceptors (Lipinski definition) is 3. The number of imide groups is 1. The molecule has 90 valence electrons. The van der Waals surface area contributed by atoms with Crippen LogP contribution in [0.4, 0.5) is 0 Å². The fourth-order valence-electron chi connectivity index (χ4n) is 2.01. The molecule has 1 aliphatic rings. The van der Waals surface area contributed by atoms with Gasteiger partial charge in [-0.2, -0.15) is 0 Å². The topological polar surface area (TPSA) is 63.4 Å². The van der Waals surface area contributed by atoms with Crippen molar-refractivity contribution in [2.45, 2.75) is 25.3 Å². The maximum atomic E-state index is 12.2. The summed E-state index contributed by atoms with van der Waals surface area (Å²) in [5.74, 6) is -0.496. The van der Waals surface area contributed by atoms with Gasteiger partial charge in [-0.1, -0.05) is 18.2 Å². The van der Waals surface area contributed by atoms with Crippen molar-refractivity contribution in [3.05, 3.63) is 35.9 Å². The number of nitrogens with zero attached hydrogens (tertiary/aromatic N) is 1. The maximum Gasteiger partial charge on any atom is 0.260 e. The second-order valence-electron chi connectivity index (χ2n) is 4.26. The zero-order valence-corrected chi connectivity index (χ0v) is 9.63. The molecule has 4 heteroatoms. The van der Waals surface area contributed by atoms with Crippen molar-refractivity contribution in [2.24, 2.45) is 5.73 Å². The van der Waals surface area contributed by atoms with Crippen LogP contribution in [-0.4, -0.2) is 29.3 Å². The molecule has 17 heavy (non-hydrogen) atoms. The number of benzene rings is 1. The molecule has 4 nitrogen and oxygen atoms in total. The molecule has 1 atom stereocenters. The van der Waals surface area contributed by atoms with Gasteiger partial charge in [-0.05, 0) is 31.4 Å². The van der Waals surface area contributed by atoms with Gasteiger partial charge < -0.3 is 5.73 Å². The normalized spacial score (nSPS) is 21.1. The summed E-state index contributed by atoms with van der Waals surface area (Å²) in [6.45, 7) is 0.472. The maximum absolute atomic E-state index is 12.2. The van der Waals surface area contributed by atoms with Crippen molar-refractivity contribution in [3.63, 3.8) is 0 Å². The van der Waals surface area contributed by atoms with Crippen LogP contribution >= 0.6 is 0 Å². The molecule has 1 unspecified atom stereocenters. The van der Waals surface area contributed by atoms with Crippen LogP contribution in [0.2, 0.25) is 0 Å². The molecular formula is C13H16N2O2. The lowest BCUT2D eigenvalue weighted by molar-refractivity contribution is -0.129. The van der Waals surface area contributed by atoms with Crippen molar-refractivity contribution >= 4 is 11.8 Å². The van der Waals surface area contributed by atoms with E-state index in [1.165, 1.54) is 4.90 Å². The third kappa shape index (κ3) is 2.53. The minimum absolute atomic E-state index is 0.243. The zero-order valence-electron chi connectivity index (χ0n) is 9.63. The molecule has 1 heterocycles. The summed E-state index contributed by atoms with van der Waals surface area (Å²) in [4.78, 5) is 25.4. The third-order valence-corrected chi connectivity index (χ3v) is 3.00. The Labute approximate surface area is 100 Å². The number of likely N-dealkylation sites (tertiary alicyclic amines) is 1. The number of amides is 2. The highest BCUT2D eigenvalue weighted by atomic mass is 16.2. The number of carbonyl (C=O) groups excluding carboxylic acids is 2. The van der Waals surface area contributed by atoms with Gasteiger partial charge in [-0.25, -0.2) is 0 Å². The van der Waals surface area contributed by atoms with Crippen LogP contribution in [0.25, 0.3) is 0 Å². The number of nitrogens with two attached hydrogens (primary N) is 1. The smallest absolute Gasteiger partial charge is 0.260 e. The number of rotatable bonds is 1. The predicted octanol–water partition coefficient (Wildman–Crippen LogP) is 1.17. The summed E-state index contributed by atoms with van der Waals surface area (Å²) in [7, 11) is 0. The van der Waals surface area contributed by atoms with E-state index in [0.717, 1.165) is 12.8 Å². The Morgan fingerprint density at radius 2 is 1.94 bits per heavy atom. The minimum atomic E-state index is -0.537. The van der Waals surface area contributed by atoms with Crippen molar-refractivity contribution in [1.29, 1.82) is 0 Å². The largest absolute Gasteiger partial charge is 0.320 e. The molecular weight excluding hydrogens is 216 g/mol. The lowest BCUT2D eigenvalue weighted by Crippen LogP contribution is -2.45. The van der Waals surface area contributed by atoms with Gasteiger partial charge in [0.25, 0.3) is 5.91 Å². The van der Waals surface area contributed by atoms with E-state index >= 15 is 0 Å². The van der Waals surface area contributed by atoms with E-state index in [1.807, 2.05) is 6.07 Å². The summed E-state index contributed by atoms with van der Waals surface area (Å²) >= 11 is 0. The number of hydrogen-bond donors (Lipinski definition) is 1. The standard InChI is InChI=1S/C13H16N2O2/c14-11-8-4-5-9-15(13(11)17)12(16)10-6-2-1-3-7-10/h1-3,6-7,11H,4-5,8-9,14H2. The van der Waals surface area contributed by atoms with E-state index in [2.05, 4.69) is 0 Å². The summed E-state index contributed by atoms with van der Waals surface area (Å²) < 4.78 is 0. The van der Waals surface area contributed by atoms with Crippen molar-refractivity contribution in [2.75, 3.05) is 6.54 Å². The number of carbonyl (C=O) groups is 2. The molecule has 1 aromatic rings. The summed E-state index contributed by atoms with van der Waals surface area (Å²) in [5.41, 5.74) is 6.28. The van der Waals surface area contributed by atoms with Crippen LogP contribution in [0.1, 0.15) is 29.6 Å². The first-order valence-corrected chi connectivity index (χ1v) is 5.86. The average Bonchev–Trinajstić information content (AvgIpc) is 2.53. The van der Waals surface area contributed by atoms with Crippen molar-refractivity contribution in [3.8, 4) is 0 Å². The first kappa shape index (κ1) is 11.8. The van der Waals surface area contributed by atoms with Gasteiger partial charge in [0.05, 0.1) is 6.04 Å². The minimum Gasteiger partial charge on any atom is -0.320 e. The quantitative estimate of drug-likeness (QED) is 0.739. The highest BCUT2D eigenvalue weighted by Crippen LogP contribution is 2.14. The highest BCUT2D eigenvalue weighted by Gasteiger charge is 2.28. The van der Waals surface area contributed by atoms with Gasteiger partial charge in [0.1, 0.15) is 0 Å². The van der Waals surface area contributed by atoms with Gasteiger partial charge in [-0.15, -0.1) is 0 Å². The van der Waals surface area contributed by atoms with Crippen LogP contribution in [0.3, 0.4) is 0 Å². The van der Waals surface area contributed by atoms with Crippen LogP contribution in [0, 0.1) is 0 Å². The predicted molar refractivity (Wildman–Crippen MR) is 64.3 cm³/mol. The van der Waals surface area contributed by atoms with Gasteiger partial charge >= 0.3 is 0 Å². The second kappa shape index (κ2) is 5.10. The average molecular weight is 232 g/mol. The lowest BCUT2D eigenvalue weighted by Gasteiger charge is -2.20. The van der Waals surface area contributed by atoms with Crippen molar-refractivity contribution < 1.29 is 9.59 Å². The van der Waals surface area contributed by atoms with E-state index in [0.29, 0.717) is 18.5 Å². The Hall–Kier alpha value is -1.68. The first-order valence-electron chi connectivity index (χ1n) is 5.86. The van der Waals surface area contributed by atoms with Crippen molar-refractivity contribution in [1.82, 2.24) is 4.90 Å². The van der Waals surface area contributed by atoms with E-state index in [9.17, 15) is 9.59 Å². The van der Waals surface area contributed by atoms with Crippen LogP contribution < -0.4 is 5.73 Å². The van der Waals surface area contributed by atoms with E-state index in [4.69, 9.17) is 5.73 Å². The summed E-state index contributed by atoms with van der Waals surface area (Å²) in [6, 6.07) is 8.31. The van der Waals surface area contributed by atoms with E-state index in [-0.39, 0.29) is 11.8 Å². The molecule has 0 spiro atoms. The van der Waals surface area contributed by atoms with Gasteiger partial charge in [0.15, 0.2) is 0 Å². The molecule has 2 amide bonds. The molecule has 1 saturated heterocycles. The molecule has 0 radical (unpaired) electrons. The second-order valence-corrected chi connectivity index (χ2v) is 4.26. The van der Waals surface area contributed by atoms with Crippen LogP contribution in [0.15, 0.2) is 30.3 Å². The summed E-state index contributed by atoms with van der Waals surface area (Å²) in [5, 5.41) is 0. The van der Waals surface area contributed by atoms with E-state index in [1.54, 1.807) is 24.3 Å². The molecule has 0 saturated carbocycles. The van der Waals surface area contributed by atoms with E-state index < -0.39 is 6.04 Å². The Balaban J connectivity index is 2.21. The molecule has 2 rings (SSSR count). The van der Waals surface area contributed by atoms with Gasteiger partial charge in [0, 0.05) is 12.1 Å². The Morgan fingerprint density at radius 1 is 1.24 bits per heavy atom. The molecule has 0 aliphatic carbocycles. The fraction of sp³-hybridized carbons (Fsp3) is 0.385. The third-order valence-electron chi connectivity index (χ3n) is 3.00. The first-order chi connectivity index (χ1) is 8.20. The summed E-state index contributed by atoms with van der Waals surface area (Å²) in [6.07, 6.45) is 2.39. The molecule has 1 aromatic carbocycles. The molecule has 0 bridgehead atoms. The Kier molecular flexibility index (Phi) is 3.54. The Morgan fingerprint density at radius 3 is 2.65 bits per heavy atom. The van der Waals surface area contributed by atoms with Crippen LogP contribution in [0.5, 0.6) is 0 Å². The molecule has 0 aromatic heterocycles. The lowest BCUT2D eigenvalue weighted by atomic mass is 10.1. The highest BCUT2D eigenvalue weighted by molar-refractivity contribution is 6.06. The Bertz CT molecular complexity index is 417. The fourth-order valence-corrected chi connectivity index (χ4v) is 2.01. The van der Waals surface area contributed by atoms with Gasteiger partial charge in [0.2, 0.25) is 5.91 Å². The molecule has 1 aliphatic heterocycles. The van der Waals surface area contributed by atoms with Gasteiger partial charge in [-0.3, -0.25) is 14.5 Å². The molecule has 2 N–H and O–H groups in total. The SMILES string of the molecule is NC1CCCCN(C(=O)c2ccccc2)C1=O.